The summed E-state index contributed by atoms with van der Waals surface area (Å²) in [6, 6.07) is 9.76. The quantitative estimate of drug-likeness (QED) is 0.790. The zero-order valence-electron chi connectivity index (χ0n) is 13.3. The maximum Gasteiger partial charge on any atom is 0.263 e. The van der Waals surface area contributed by atoms with E-state index in [1.165, 1.54) is 11.3 Å². The molecule has 1 atom stereocenters. The number of amides is 2. The molecule has 0 spiro atoms. The van der Waals surface area contributed by atoms with E-state index in [-0.39, 0.29) is 16.6 Å². The SMILES string of the molecule is Cc1nc(N2CCC[C@H](Br)C2=O)sc1C(=O)NCc1ccccc1. The van der Waals surface area contributed by atoms with Crippen LogP contribution in [0.15, 0.2) is 30.3 Å². The highest BCUT2D eigenvalue weighted by molar-refractivity contribution is 9.10. The average Bonchev–Trinajstić information content (AvgIpc) is 2.98. The third kappa shape index (κ3) is 3.67. The molecule has 1 fully saturated rings. The molecule has 1 aliphatic heterocycles. The molecule has 2 heterocycles. The van der Waals surface area contributed by atoms with Crippen LogP contribution in [0.4, 0.5) is 5.13 Å². The van der Waals surface area contributed by atoms with Gasteiger partial charge in [-0.25, -0.2) is 4.98 Å². The van der Waals surface area contributed by atoms with Crippen LogP contribution in [0.3, 0.4) is 0 Å². The number of aryl methyl sites for hydroxylation is 1. The van der Waals surface area contributed by atoms with Gasteiger partial charge in [0.2, 0.25) is 5.91 Å². The number of aromatic nitrogens is 1. The number of anilines is 1. The second kappa shape index (κ2) is 7.44. The van der Waals surface area contributed by atoms with E-state index in [0.29, 0.717) is 28.8 Å². The van der Waals surface area contributed by atoms with Crippen molar-refractivity contribution in [3.05, 3.63) is 46.5 Å². The highest BCUT2D eigenvalue weighted by atomic mass is 79.9. The van der Waals surface area contributed by atoms with Crippen molar-refractivity contribution in [1.29, 1.82) is 0 Å². The molecule has 5 nitrogen and oxygen atoms in total. The van der Waals surface area contributed by atoms with Crippen molar-refractivity contribution in [2.75, 3.05) is 11.4 Å². The lowest BCUT2D eigenvalue weighted by Crippen LogP contribution is -2.41. The molecule has 7 heteroatoms. The first-order valence-corrected chi connectivity index (χ1v) is 9.54. The van der Waals surface area contributed by atoms with Crippen molar-refractivity contribution in [3.8, 4) is 0 Å². The molecule has 1 aromatic carbocycles. The molecule has 2 aromatic rings. The van der Waals surface area contributed by atoms with Crippen LogP contribution in [0.2, 0.25) is 0 Å². The molecule has 0 radical (unpaired) electrons. The predicted octanol–water partition coefficient (Wildman–Crippen LogP) is 3.27. The molecule has 126 valence electrons. The summed E-state index contributed by atoms with van der Waals surface area (Å²) in [5, 5.41) is 3.51. The Balaban J connectivity index is 1.71. The average molecular weight is 408 g/mol. The van der Waals surface area contributed by atoms with Gasteiger partial charge in [0.05, 0.1) is 10.5 Å². The summed E-state index contributed by atoms with van der Waals surface area (Å²) in [4.78, 5) is 31.2. The van der Waals surface area contributed by atoms with E-state index in [1.54, 1.807) is 11.8 Å². The van der Waals surface area contributed by atoms with E-state index in [4.69, 9.17) is 0 Å². The van der Waals surface area contributed by atoms with Crippen molar-refractivity contribution < 1.29 is 9.59 Å². The number of nitrogens with zero attached hydrogens (tertiary/aromatic N) is 2. The van der Waals surface area contributed by atoms with E-state index >= 15 is 0 Å². The topological polar surface area (TPSA) is 62.3 Å². The number of halogens is 1. The molecule has 0 saturated carbocycles. The van der Waals surface area contributed by atoms with Crippen molar-refractivity contribution in [1.82, 2.24) is 10.3 Å². The fourth-order valence-corrected chi connectivity index (χ4v) is 4.17. The number of benzene rings is 1. The summed E-state index contributed by atoms with van der Waals surface area (Å²) in [6.07, 6.45) is 1.76. The molecule has 3 rings (SSSR count). The fraction of sp³-hybridized carbons (Fsp3) is 0.353. The number of carbonyl (C=O) groups excluding carboxylic acids is 2. The van der Waals surface area contributed by atoms with Gasteiger partial charge in [-0.05, 0) is 25.3 Å². The first-order valence-electron chi connectivity index (χ1n) is 7.81. The van der Waals surface area contributed by atoms with Gasteiger partial charge >= 0.3 is 0 Å². The number of thiazole rings is 1. The highest BCUT2D eigenvalue weighted by Gasteiger charge is 2.30. The Morgan fingerprint density at radius 2 is 2.17 bits per heavy atom. The Morgan fingerprint density at radius 1 is 1.42 bits per heavy atom. The Labute approximate surface area is 153 Å². The Hall–Kier alpha value is -1.73. The minimum Gasteiger partial charge on any atom is -0.347 e. The van der Waals surface area contributed by atoms with E-state index < -0.39 is 0 Å². The molecule has 24 heavy (non-hydrogen) atoms. The van der Waals surface area contributed by atoms with Crippen molar-refractivity contribution in [2.24, 2.45) is 0 Å². The summed E-state index contributed by atoms with van der Waals surface area (Å²) in [7, 11) is 0. The number of hydrogen-bond donors (Lipinski definition) is 1. The van der Waals surface area contributed by atoms with Crippen molar-refractivity contribution in [3.63, 3.8) is 0 Å². The van der Waals surface area contributed by atoms with E-state index in [9.17, 15) is 9.59 Å². The number of alkyl halides is 1. The van der Waals surface area contributed by atoms with Crippen LogP contribution >= 0.6 is 27.3 Å². The van der Waals surface area contributed by atoms with Gasteiger partial charge in [0.25, 0.3) is 5.91 Å². The molecule has 2 amide bonds. The minimum atomic E-state index is -0.161. The monoisotopic (exact) mass is 407 g/mol. The molecular weight excluding hydrogens is 390 g/mol. The lowest BCUT2D eigenvalue weighted by molar-refractivity contribution is -0.118. The predicted molar refractivity (Wildman–Crippen MR) is 98.8 cm³/mol. The lowest BCUT2D eigenvalue weighted by Gasteiger charge is -2.27. The van der Waals surface area contributed by atoms with Crippen LogP contribution < -0.4 is 10.2 Å². The molecule has 0 aliphatic carbocycles. The number of nitrogens with one attached hydrogen (secondary N) is 1. The smallest absolute Gasteiger partial charge is 0.263 e. The number of rotatable bonds is 4. The molecular formula is C17H18BrN3O2S. The van der Waals surface area contributed by atoms with Gasteiger partial charge in [-0.2, -0.15) is 0 Å². The maximum absolute atomic E-state index is 12.4. The van der Waals surface area contributed by atoms with Gasteiger partial charge in [-0.1, -0.05) is 57.6 Å². The zero-order chi connectivity index (χ0) is 17.1. The summed E-state index contributed by atoms with van der Waals surface area (Å²) >= 11 is 4.68. The van der Waals surface area contributed by atoms with Gasteiger partial charge in [0.15, 0.2) is 5.13 Å². The minimum absolute atomic E-state index is 0.0197. The molecule has 1 saturated heterocycles. The lowest BCUT2D eigenvalue weighted by atomic mass is 10.1. The second-order valence-corrected chi connectivity index (χ2v) is 7.76. The molecule has 0 unspecified atom stereocenters. The molecule has 1 aromatic heterocycles. The van der Waals surface area contributed by atoms with Crippen molar-refractivity contribution in [2.45, 2.75) is 31.1 Å². The van der Waals surface area contributed by atoms with Crippen LogP contribution in [-0.4, -0.2) is 28.2 Å². The van der Waals surface area contributed by atoms with Crippen LogP contribution in [0, 0.1) is 6.92 Å². The first kappa shape index (κ1) is 17.1. The maximum atomic E-state index is 12.4. The van der Waals surface area contributed by atoms with Gasteiger partial charge in [0, 0.05) is 13.1 Å². The highest BCUT2D eigenvalue weighted by Crippen LogP contribution is 2.30. The normalized spacial score (nSPS) is 17.8. The largest absolute Gasteiger partial charge is 0.347 e. The summed E-state index contributed by atoms with van der Waals surface area (Å²) in [6.45, 7) is 2.93. The summed E-state index contributed by atoms with van der Waals surface area (Å²) in [5.74, 6) is -0.133. The van der Waals surface area contributed by atoms with Crippen molar-refractivity contribution >= 4 is 44.2 Å². The van der Waals surface area contributed by atoms with Crippen LogP contribution in [0.5, 0.6) is 0 Å². The Bertz CT molecular complexity index is 748. The second-order valence-electron chi connectivity index (χ2n) is 5.68. The molecule has 1 N–H and O–H groups in total. The number of carbonyl (C=O) groups is 2. The standard InChI is InChI=1S/C17H18BrN3O2S/c1-11-14(15(22)19-10-12-6-3-2-4-7-12)24-17(20-11)21-9-5-8-13(18)16(21)23/h2-4,6-7,13H,5,8-10H2,1H3,(H,19,22)/t13-/m0/s1. The molecule has 1 aliphatic rings. The van der Waals surface area contributed by atoms with E-state index in [0.717, 1.165) is 18.4 Å². The first-order chi connectivity index (χ1) is 11.6. The molecule has 0 bridgehead atoms. The summed E-state index contributed by atoms with van der Waals surface area (Å²) in [5.41, 5.74) is 1.70. The van der Waals surface area contributed by atoms with Gasteiger partial charge in [-0.15, -0.1) is 0 Å². The third-order valence-electron chi connectivity index (χ3n) is 3.89. The number of piperidine rings is 1. The van der Waals surface area contributed by atoms with E-state index in [1.807, 2.05) is 30.3 Å². The third-order valence-corrected chi connectivity index (χ3v) is 5.92. The Morgan fingerprint density at radius 3 is 2.92 bits per heavy atom. The fourth-order valence-electron chi connectivity index (χ4n) is 2.59. The summed E-state index contributed by atoms with van der Waals surface area (Å²) < 4.78 is 0. The zero-order valence-corrected chi connectivity index (χ0v) is 15.7. The van der Waals surface area contributed by atoms with Gasteiger partial charge < -0.3 is 5.32 Å². The number of hydrogen-bond acceptors (Lipinski definition) is 4. The Kier molecular flexibility index (Phi) is 5.30. The van der Waals surface area contributed by atoms with Crippen LogP contribution in [0.25, 0.3) is 0 Å². The van der Waals surface area contributed by atoms with E-state index in [2.05, 4.69) is 26.2 Å². The van der Waals surface area contributed by atoms with Crippen LogP contribution in [-0.2, 0) is 11.3 Å². The van der Waals surface area contributed by atoms with Gasteiger partial charge in [-0.3, -0.25) is 14.5 Å². The van der Waals surface area contributed by atoms with Gasteiger partial charge in [0.1, 0.15) is 4.88 Å². The van der Waals surface area contributed by atoms with Crippen LogP contribution in [0.1, 0.15) is 33.8 Å².